The van der Waals surface area contributed by atoms with E-state index in [9.17, 15) is 0 Å². The molecule has 0 aliphatic carbocycles. The van der Waals surface area contributed by atoms with Gasteiger partial charge in [0.1, 0.15) is 0 Å². The Morgan fingerprint density at radius 3 is 1.63 bits per heavy atom. The van der Waals surface area contributed by atoms with Crippen molar-refractivity contribution in [3.05, 3.63) is 158 Å². The summed E-state index contributed by atoms with van der Waals surface area (Å²) in [6.07, 6.45) is 0. The molecule has 0 amide bonds. The summed E-state index contributed by atoms with van der Waals surface area (Å²) in [5.74, 6) is 0. The summed E-state index contributed by atoms with van der Waals surface area (Å²) in [5.41, 5.74) is 10.2. The molecule has 0 unspecified atom stereocenters. The SMILES string of the molecule is c1ccc(-c2c3ccccc3c(-c3ccccc3-c3ccc4c(c3)-c3cccc5cccc(c35)S4)c3ccccc23)cc1. The van der Waals surface area contributed by atoms with Crippen LogP contribution in [-0.4, -0.2) is 0 Å². The van der Waals surface area contributed by atoms with Crippen LogP contribution in [0.3, 0.4) is 0 Å². The number of hydrogen-bond acceptors (Lipinski definition) is 1. The van der Waals surface area contributed by atoms with Crippen LogP contribution in [0, 0.1) is 0 Å². The Bertz CT molecular complexity index is 2300. The highest BCUT2D eigenvalue weighted by molar-refractivity contribution is 7.99. The fourth-order valence-corrected chi connectivity index (χ4v) is 8.15. The molecular formula is C42H26S. The van der Waals surface area contributed by atoms with E-state index in [2.05, 4.69) is 158 Å². The first kappa shape index (κ1) is 24.5. The van der Waals surface area contributed by atoms with Gasteiger partial charge in [-0.3, -0.25) is 0 Å². The molecule has 43 heavy (non-hydrogen) atoms. The topological polar surface area (TPSA) is 0 Å². The molecule has 8 aromatic rings. The van der Waals surface area contributed by atoms with E-state index in [-0.39, 0.29) is 0 Å². The van der Waals surface area contributed by atoms with Crippen molar-refractivity contribution in [2.75, 3.05) is 0 Å². The van der Waals surface area contributed by atoms with Crippen molar-refractivity contribution in [1.82, 2.24) is 0 Å². The van der Waals surface area contributed by atoms with E-state index in [4.69, 9.17) is 0 Å². The van der Waals surface area contributed by atoms with E-state index >= 15 is 0 Å². The third kappa shape index (κ3) is 3.79. The van der Waals surface area contributed by atoms with Gasteiger partial charge in [-0.25, -0.2) is 0 Å². The number of rotatable bonds is 3. The second-order valence-corrected chi connectivity index (χ2v) is 12.3. The maximum absolute atomic E-state index is 2.41. The van der Waals surface area contributed by atoms with Gasteiger partial charge in [-0.2, -0.15) is 0 Å². The molecule has 0 nitrogen and oxygen atoms in total. The summed E-state index contributed by atoms with van der Waals surface area (Å²) < 4.78 is 0. The lowest BCUT2D eigenvalue weighted by Crippen LogP contribution is -1.95. The first-order valence-corrected chi connectivity index (χ1v) is 15.6. The molecule has 0 aromatic heterocycles. The Kier molecular flexibility index (Phi) is 5.54. The average molecular weight is 563 g/mol. The largest absolute Gasteiger partial charge is 0.0888 e. The van der Waals surface area contributed by atoms with Crippen LogP contribution >= 0.6 is 11.8 Å². The molecule has 200 valence electrons. The maximum Gasteiger partial charge on any atom is 0.0207 e. The lowest BCUT2D eigenvalue weighted by atomic mass is 9.83. The van der Waals surface area contributed by atoms with Crippen molar-refractivity contribution in [1.29, 1.82) is 0 Å². The fraction of sp³-hybridized carbons (Fsp3) is 0. The minimum Gasteiger partial charge on any atom is -0.0888 e. The highest BCUT2D eigenvalue weighted by atomic mass is 32.2. The molecule has 0 atom stereocenters. The normalized spacial score (nSPS) is 12.1. The average Bonchev–Trinajstić information content (AvgIpc) is 3.08. The van der Waals surface area contributed by atoms with Gasteiger partial charge >= 0.3 is 0 Å². The standard InChI is InChI=1S/C42H26S/c1-2-12-27(13-3-1)40-32-18-6-8-20-34(32)42(35-21-9-7-19-33(35)40)31-17-5-4-16-30(31)29-24-25-38-37(26-29)36-22-10-14-28-15-11-23-39(43-38)41(28)36/h1-26H. The molecule has 8 aromatic carbocycles. The van der Waals surface area contributed by atoms with E-state index < -0.39 is 0 Å². The predicted molar refractivity (Wildman–Crippen MR) is 185 cm³/mol. The van der Waals surface area contributed by atoms with Crippen molar-refractivity contribution < 1.29 is 0 Å². The molecule has 0 fully saturated rings. The monoisotopic (exact) mass is 562 g/mol. The second-order valence-electron chi connectivity index (χ2n) is 11.2. The smallest absolute Gasteiger partial charge is 0.0207 e. The van der Waals surface area contributed by atoms with Gasteiger partial charge in [0.15, 0.2) is 0 Å². The van der Waals surface area contributed by atoms with E-state index in [0.29, 0.717) is 0 Å². The van der Waals surface area contributed by atoms with Gasteiger partial charge in [0.2, 0.25) is 0 Å². The lowest BCUT2D eigenvalue weighted by Gasteiger charge is -2.22. The Hall–Kier alpha value is -5.11. The van der Waals surface area contributed by atoms with Gasteiger partial charge in [-0.15, -0.1) is 0 Å². The van der Waals surface area contributed by atoms with Gasteiger partial charge in [0.05, 0.1) is 0 Å². The van der Waals surface area contributed by atoms with Crippen molar-refractivity contribution in [3.8, 4) is 44.5 Å². The Morgan fingerprint density at radius 1 is 0.326 bits per heavy atom. The molecule has 1 aliphatic rings. The van der Waals surface area contributed by atoms with Crippen LogP contribution in [0.2, 0.25) is 0 Å². The van der Waals surface area contributed by atoms with Crippen LogP contribution in [0.25, 0.3) is 76.8 Å². The summed E-state index contributed by atoms with van der Waals surface area (Å²) in [6, 6.07) is 58.0. The molecule has 1 heteroatoms. The zero-order valence-corrected chi connectivity index (χ0v) is 24.2. The van der Waals surface area contributed by atoms with Crippen LogP contribution in [0.1, 0.15) is 0 Å². The quantitative estimate of drug-likeness (QED) is 0.193. The van der Waals surface area contributed by atoms with Crippen LogP contribution in [0.5, 0.6) is 0 Å². The highest BCUT2D eigenvalue weighted by Crippen LogP contribution is 2.50. The van der Waals surface area contributed by atoms with E-state index in [1.165, 1.54) is 86.6 Å². The predicted octanol–water partition coefficient (Wildman–Crippen LogP) is 12.3. The number of hydrogen-bond donors (Lipinski definition) is 0. The molecule has 0 saturated carbocycles. The first-order chi connectivity index (χ1) is 21.3. The van der Waals surface area contributed by atoms with E-state index in [1.54, 1.807) is 0 Å². The van der Waals surface area contributed by atoms with Crippen LogP contribution in [-0.2, 0) is 0 Å². The van der Waals surface area contributed by atoms with Gasteiger partial charge in [-0.05, 0) is 89.6 Å². The zero-order valence-electron chi connectivity index (χ0n) is 23.4. The van der Waals surface area contributed by atoms with Crippen molar-refractivity contribution in [2.24, 2.45) is 0 Å². The Labute approximate surface area is 255 Å². The third-order valence-corrected chi connectivity index (χ3v) is 9.99. The summed E-state index contributed by atoms with van der Waals surface area (Å²) in [7, 11) is 0. The molecule has 0 radical (unpaired) electrons. The number of benzene rings is 8. The van der Waals surface area contributed by atoms with Crippen LogP contribution < -0.4 is 0 Å². The van der Waals surface area contributed by atoms with Gasteiger partial charge in [0.25, 0.3) is 0 Å². The first-order valence-electron chi connectivity index (χ1n) is 14.8. The molecule has 0 N–H and O–H groups in total. The molecule has 1 aliphatic heterocycles. The minimum atomic E-state index is 1.24. The lowest BCUT2D eigenvalue weighted by molar-refractivity contribution is 1.39. The third-order valence-electron chi connectivity index (χ3n) is 8.86. The second kappa shape index (κ2) is 9.73. The fourth-order valence-electron chi connectivity index (χ4n) is 7.02. The van der Waals surface area contributed by atoms with Gasteiger partial charge in [-0.1, -0.05) is 151 Å². The molecule has 0 bridgehead atoms. The van der Waals surface area contributed by atoms with Crippen molar-refractivity contribution in [3.63, 3.8) is 0 Å². The minimum absolute atomic E-state index is 1.24. The molecule has 9 rings (SSSR count). The highest BCUT2D eigenvalue weighted by Gasteiger charge is 2.22. The maximum atomic E-state index is 2.41. The van der Waals surface area contributed by atoms with Crippen molar-refractivity contribution in [2.45, 2.75) is 9.79 Å². The summed E-state index contributed by atoms with van der Waals surface area (Å²) in [4.78, 5) is 2.65. The zero-order chi connectivity index (χ0) is 28.3. The summed E-state index contributed by atoms with van der Waals surface area (Å²) >= 11 is 1.88. The van der Waals surface area contributed by atoms with Crippen LogP contribution in [0.4, 0.5) is 0 Å². The van der Waals surface area contributed by atoms with E-state index in [1.807, 2.05) is 11.8 Å². The molecule has 0 spiro atoms. The summed E-state index contributed by atoms with van der Waals surface area (Å²) in [6.45, 7) is 0. The van der Waals surface area contributed by atoms with Gasteiger partial charge < -0.3 is 0 Å². The molecule has 0 saturated heterocycles. The van der Waals surface area contributed by atoms with Crippen LogP contribution in [0.15, 0.2) is 168 Å². The Balaban J connectivity index is 1.32. The Morgan fingerprint density at radius 2 is 0.907 bits per heavy atom. The van der Waals surface area contributed by atoms with E-state index in [0.717, 1.165) is 0 Å². The van der Waals surface area contributed by atoms with Crippen molar-refractivity contribution >= 4 is 44.1 Å². The summed E-state index contributed by atoms with van der Waals surface area (Å²) in [5, 5.41) is 7.78. The number of fused-ring (bicyclic) bond motifs is 4. The molecular weight excluding hydrogens is 537 g/mol. The molecule has 1 heterocycles. The van der Waals surface area contributed by atoms with Gasteiger partial charge in [0, 0.05) is 15.2 Å².